The summed E-state index contributed by atoms with van der Waals surface area (Å²) in [5.74, 6) is 0.679. The molecule has 1 atom stereocenters. The molecule has 35 heavy (non-hydrogen) atoms. The number of benzene rings is 1. The van der Waals surface area contributed by atoms with Crippen LogP contribution in [0.3, 0.4) is 0 Å². The van der Waals surface area contributed by atoms with Crippen LogP contribution in [0.25, 0.3) is 11.3 Å². The highest BCUT2D eigenvalue weighted by Gasteiger charge is 2.38. The maximum atomic E-state index is 13.0. The SMILES string of the molecule is CCOC(=O)c1cn2c(cc1=O)-c1cc(OC)c(OC3CC(OC)C3)cc1CC2C(C)(C)COC. The number of esters is 1. The number of fused-ring (bicyclic) bond motifs is 3. The van der Waals surface area contributed by atoms with Crippen molar-refractivity contribution < 1.29 is 28.5 Å². The van der Waals surface area contributed by atoms with Crippen LogP contribution in [-0.4, -0.2) is 57.3 Å². The average Bonchev–Trinajstić information content (AvgIpc) is 2.79. The zero-order valence-electron chi connectivity index (χ0n) is 21.4. The number of hydrogen-bond acceptors (Lipinski definition) is 7. The van der Waals surface area contributed by atoms with E-state index in [1.165, 1.54) is 6.07 Å². The molecule has 190 valence electrons. The van der Waals surface area contributed by atoms with Gasteiger partial charge in [0.25, 0.3) is 0 Å². The molecule has 0 radical (unpaired) electrons. The fraction of sp³-hybridized carbons (Fsp3) is 0.556. The lowest BCUT2D eigenvalue weighted by Crippen LogP contribution is -2.39. The predicted molar refractivity (Wildman–Crippen MR) is 131 cm³/mol. The van der Waals surface area contributed by atoms with E-state index in [-0.39, 0.29) is 41.3 Å². The molecule has 0 bridgehead atoms. The first-order valence-electron chi connectivity index (χ1n) is 12.0. The van der Waals surface area contributed by atoms with Gasteiger partial charge in [-0.1, -0.05) is 13.8 Å². The van der Waals surface area contributed by atoms with Gasteiger partial charge < -0.3 is 28.3 Å². The van der Waals surface area contributed by atoms with Gasteiger partial charge in [0.05, 0.1) is 32.1 Å². The third kappa shape index (κ3) is 4.82. The Hall–Kier alpha value is -2.84. The Labute approximate surface area is 206 Å². The van der Waals surface area contributed by atoms with Crippen molar-refractivity contribution in [3.63, 3.8) is 0 Å². The van der Waals surface area contributed by atoms with Crippen LogP contribution in [0.5, 0.6) is 11.5 Å². The number of hydrogen-bond donors (Lipinski definition) is 0. The molecule has 1 fully saturated rings. The van der Waals surface area contributed by atoms with Gasteiger partial charge in [0, 0.05) is 56.3 Å². The summed E-state index contributed by atoms with van der Waals surface area (Å²) < 4.78 is 30.0. The topological polar surface area (TPSA) is 85.2 Å². The number of carbonyl (C=O) groups is 1. The van der Waals surface area contributed by atoms with Gasteiger partial charge in [-0.05, 0) is 31.0 Å². The van der Waals surface area contributed by atoms with Crippen LogP contribution in [0.1, 0.15) is 55.6 Å². The minimum Gasteiger partial charge on any atom is -0.493 e. The van der Waals surface area contributed by atoms with Crippen molar-refractivity contribution in [2.24, 2.45) is 5.41 Å². The molecule has 1 saturated carbocycles. The average molecular weight is 486 g/mol. The molecule has 2 heterocycles. The van der Waals surface area contributed by atoms with Crippen molar-refractivity contribution in [1.29, 1.82) is 0 Å². The summed E-state index contributed by atoms with van der Waals surface area (Å²) in [6.45, 7) is 6.68. The molecule has 0 saturated heterocycles. The van der Waals surface area contributed by atoms with E-state index >= 15 is 0 Å². The molecule has 2 aromatic rings. The number of carbonyl (C=O) groups excluding carboxylic acids is 1. The zero-order chi connectivity index (χ0) is 25.3. The predicted octanol–water partition coefficient (Wildman–Crippen LogP) is 4.03. The lowest BCUT2D eigenvalue weighted by Gasteiger charge is -2.41. The van der Waals surface area contributed by atoms with E-state index in [0.29, 0.717) is 24.5 Å². The monoisotopic (exact) mass is 485 g/mol. The van der Waals surface area contributed by atoms with E-state index in [0.717, 1.165) is 29.7 Å². The van der Waals surface area contributed by atoms with Crippen molar-refractivity contribution in [3.8, 4) is 22.8 Å². The zero-order valence-corrected chi connectivity index (χ0v) is 21.4. The molecule has 1 unspecified atom stereocenters. The molecule has 8 heteroatoms. The Bertz CT molecular complexity index is 1150. The summed E-state index contributed by atoms with van der Waals surface area (Å²) in [6, 6.07) is 5.40. The summed E-state index contributed by atoms with van der Waals surface area (Å²) in [7, 11) is 5.00. The van der Waals surface area contributed by atoms with Gasteiger partial charge in [-0.25, -0.2) is 4.79 Å². The van der Waals surface area contributed by atoms with Crippen LogP contribution >= 0.6 is 0 Å². The second-order valence-corrected chi connectivity index (χ2v) is 9.94. The number of nitrogens with zero attached hydrogens (tertiary/aromatic N) is 1. The molecular formula is C27H35NO7. The van der Waals surface area contributed by atoms with E-state index in [4.69, 9.17) is 23.7 Å². The third-order valence-electron chi connectivity index (χ3n) is 7.09. The smallest absolute Gasteiger partial charge is 0.343 e. The molecule has 1 aromatic heterocycles. The maximum Gasteiger partial charge on any atom is 0.343 e. The maximum absolute atomic E-state index is 13.0. The molecule has 0 amide bonds. The first-order chi connectivity index (χ1) is 16.7. The molecule has 1 aliphatic carbocycles. The van der Waals surface area contributed by atoms with Gasteiger partial charge in [0.2, 0.25) is 0 Å². The highest BCUT2D eigenvalue weighted by atomic mass is 16.5. The normalized spacial score (nSPS) is 20.9. The minimum absolute atomic E-state index is 0.0295. The standard InChI is InChI=1S/C27H35NO7/c1-7-34-26(30)20-14-28-21(13-22(20)29)19-12-23(33-6)24(35-18-10-17(11-18)32-5)8-16(19)9-25(28)27(2,3)15-31-4/h8,12-14,17-18,25H,7,9-11,15H2,1-6H3. The fourth-order valence-electron chi connectivity index (χ4n) is 5.06. The Kier molecular flexibility index (Phi) is 7.24. The van der Waals surface area contributed by atoms with Crippen molar-refractivity contribution in [2.75, 3.05) is 34.5 Å². The molecule has 1 aromatic carbocycles. The summed E-state index contributed by atoms with van der Waals surface area (Å²) >= 11 is 0. The first-order valence-corrected chi connectivity index (χ1v) is 12.0. The Morgan fingerprint density at radius 3 is 2.46 bits per heavy atom. The van der Waals surface area contributed by atoms with Crippen molar-refractivity contribution >= 4 is 5.97 Å². The summed E-state index contributed by atoms with van der Waals surface area (Å²) in [5, 5.41) is 0. The van der Waals surface area contributed by atoms with E-state index in [2.05, 4.69) is 13.8 Å². The molecule has 4 rings (SSSR count). The molecule has 0 N–H and O–H groups in total. The van der Waals surface area contributed by atoms with Crippen LogP contribution in [0.4, 0.5) is 0 Å². The largest absolute Gasteiger partial charge is 0.493 e. The molecule has 2 aliphatic rings. The van der Waals surface area contributed by atoms with Gasteiger partial charge in [-0.15, -0.1) is 0 Å². The Balaban J connectivity index is 1.82. The van der Waals surface area contributed by atoms with Crippen molar-refractivity contribution in [2.45, 2.75) is 58.3 Å². The fourth-order valence-corrected chi connectivity index (χ4v) is 5.06. The van der Waals surface area contributed by atoms with E-state index in [9.17, 15) is 9.59 Å². The van der Waals surface area contributed by atoms with Crippen LogP contribution in [-0.2, 0) is 20.6 Å². The van der Waals surface area contributed by atoms with E-state index < -0.39 is 5.97 Å². The molecule has 0 spiro atoms. The quantitative estimate of drug-likeness (QED) is 0.496. The highest BCUT2D eigenvalue weighted by molar-refractivity contribution is 5.89. The first kappa shape index (κ1) is 25.3. The molecular weight excluding hydrogens is 450 g/mol. The van der Waals surface area contributed by atoms with Crippen LogP contribution in [0.2, 0.25) is 0 Å². The lowest BCUT2D eigenvalue weighted by atomic mass is 9.77. The third-order valence-corrected chi connectivity index (χ3v) is 7.09. The Morgan fingerprint density at radius 1 is 1.09 bits per heavy atom. The second-order valence-electron chi connectivity index (χ2n) is 9.94. The van der Waals surface area contributed by atoms with Gasteiger partial charge in [0.1, 0.15) is 11.7 Å². The van der Waals surface area contributed by atoms with Crippen LogP contribution in [0, 0.1) is 5.41 Å². The number of rotatable bonds is 9. The van der Waals surface area contributed by atoms with Crippen LogP contribution < -0.4 is 14.9 Å². The summed E-state index contributed by atoms with van der Waals surface area (Å²) in [5.41, 5.74) is 2.04. The number of ether oxygens (including phenoxy) is 5. The van der Waals surface area contributed by atoms with Gasteiger partial charge in [-0.3, -0.25) is 4.79 Å². The number of aromatic nitrogens is 1. The molecule has 1 aliphatic heterocycles. The Morgan fingerprint density at radius 2 is 1.83 bits per heavy atom. The second kappa shape index (κ2) is 10.0. The van der Waals surface area contributed by atoms with Gasteiger partial charge in [0.15, 0.2) is 16.9 Å². The number of pyridine rings is 1. The van der Waals surface area contributed by atoms with Gasteiger partial charge >= 0.3 is 5.97 Å². The van der Waals surface area contributed by atoms with Gasteiger partial charge in [-0.2, -0.15) is 0 Å². The lowest BCUT2D eigenvalue weighted by molar-refractivity contribution is -0.0388. The summed E-state index contributed by atoms with van der Waals surface area (Å²) in [6.07, 6.45) is 4.31. The van der Waals surface area contributed by atoms with Crippen LogP contribution in [0.15, 0.2) is 29.2 Å². The van der Waals surface area contributed by atoms with E-state index in [1.54, 1.807) is 34.4 Å². The minimum atomic E-state index is -0.613. The summed E-state index contributed by atoms with van der Waals surface area (Å²) in [4.78, 5) is 25.5. The van der Waals surface area contributed by atoms with Crippen molar-refractivity contribution in [3.05, 3.63) is 45.7 Å². The van der Waals surface area contributed by atoms with E-state index in [1.807, 2.05) is 16.7 Å². The highest BCUT2D eigenvalue weighted by Crippen LogP contribution is 2.46. The van der Waals surface area contributed by atoms with Crippen molar-refractivity contribution in [1.82, 2.24) is 4.57 Å². The number of methoxy groups -OCH3 is 3. The molecule has 8 nitrogen and oxygen atoms in total.